The zero-order valence-electron chi connectivity index (χ0n) is 10.1. The number of thioether (sulfide) groups is 1. The topological polar surface area (TPSA) is 41.1 Å². The molecule has 1 unspecified atom stereocenters. The van der Waals surface area contributed by atoms with E-state index in [1.807, 2.05) is 18.7 Å². The zero-order valence-corrected chi connectivity index (χ0v) is 11.0. The minimum Gasteiger partial charge on any atom is -0.356 e. The molecule has 1 amide bonds. The average Bonchev–Trinajstić information content (AvgIpc) is 2.17. The Morgan fingerprint density at radius 3 is 2.73 bits per heavy atom. The Bertz CT molecular complexity index is 165. The highest BCUT2D eigenvalue weighted by atomic mass is 32.2. The summed E-state index contributed by atoms with van der Waals surface area (Å²) in [6, 6.07) is 0.279. The van der Waals surface area contributed by atoms with E-state index in [1.165, 1.54) is 12.2 Å². The van der Waals surface area contributed by atoms with Crippen LogP contribution < -0.4 is 10.6 Å². The lowest BCUT2D eigenvalue weighted by atomic mass is 10.2. The Hall–Kier alpha value is -0.220. The molecule has 15 heavy (non-hydrogen) atoms. The molecule has 0 heterocycles. The van der Waals surface area contributed by atoms with Crippen LogP contribution in [0.3, 0.4) is 0 Å². The van der Waals surface area contributed by atoms with Crippen LogP contribution in [0.25, 0.3) is 0 Å². The van der Waals surface area contributed by atoms with Crippen LogP contribution in [0.1, 0.15) is 33.1 Å². The molecule has 0 saturated carbocycles. The molecule has 4 heteroatoms. The molecule has 0 aliphatic heterocycles. The molecular weight excluding hydrogens is 208 g/mol. The van der Waals surface area contributed by atoms with Gasteiger partial charge in [0.15, 0.2) is 0 Å². The highest BCUT2D eigenvalue weighted by Crippen LogP contribution is 1.98. The van der Waals surface area contributed by atoms with E-state index >= 15 is 0 Å². The van der Waals surface area contributed by atoms with Crippen LogP contribution >= 0.6 is 11.8 Å². The number of unbranched alkanes of at least 4 members (excludes halogenated alkanes) is 1. The van der Waals surface area contributed by atoms with E-state index < -0.39 is 0 Å². The lowest BCUT2D eigenvalue weighted by molar-refractivity contribution is -0.121. The number of rotatable bonds is 9. The maximum Gasteiger partial charge on any atom is 0.221 e. The predicted octanol–water partition coefficient (Wildman–Crippen LogP) is 1.63. The van der Waals surface area contributed by atoms with Crippen molar-refractivity contribution in [2.75, 3.05) is 25.1 Å². The van der Waals surface area contributed by atoms with E-state index in [1.54, 1.807) is 0 Å². The van der Waals surface area contributed by atoms with Crippen molar-refractivity contribution < 1.29 is 4.79 Å². The molecule has 0 fully saturated rings. The second-order valence-electron chi connectivity index (χ2n) is 3.71. The number of carbonyl (C=O) groups is 1. The van der Waals surface area contributed by atoms with Crippen molar-refractivity contribution >= 4 is 17.7 Å². The molecule has 0 aromatic rings. The fourth-order valence-corrected chi connectivity index (χ4v) is 1.86. The Labute approximate surface area is 97.8 Å². The van der Waals surface area contributed by atoms with Crippen molar-refractivity contribution in [3.63, 3.8) is 0 Å². The first kappa shape index (κ1) is 14.8. The smallest absolute Gasteiger partial charge is 0.221 e. The summed E-state index contributed by atoms with van der Waals surface area (Å²) in [5.41, 5.74) is 0. The van der Waals surface area contributed by atoms with Gasteiger partial charge in [0.05, 0.1) is 0 Å². The van der Waals surface area contributed by atoms with E-state index in [2.05, 4.69) is 23.8 Å². The predicted molar refractivity (Wildman–Crippen MR) is 68.4 cm³/mol. The minimum absolute atomic E-state index is 0.160. The second-order valence-corrected chi connectivity index (χ2v) is 4.70. The monoisotopic (exact) mass is 232 g/mol. The van der Waals surface area contributed by atoms with Gasteiger partial charge in [-0.15, -0.1) is 0 Å². The number of nitrogens with one attached hydrogen (secondary N) is 2. The first-order valence-electron chi connectivity index (χ1n) is 5.69. The zero-order chi connectivity index (χ0) is 11.5. The van der Waals surface area contributed by atoms with Gasteiger partial charge in [0.2, 0.25) is 5.91 Å². The lowest BCUT2D eigenvalue weighted by Crippen LogP contribution is -2.34. The summed E-state index contributed by atoms with van der Waals surface area (Å²) >= 11 is 1.86. The molecule has 2 N–H and O–H groups in total. The Morgan fingerprint density at radius 2 is 2.13 bits per heavy atom. The average molecular weight is 232 g/mol. The Morgan fingerprint density at radius 1 is 1.40 bits per heavy atom. The second kappa shape index (κ2) is 10.3. The number of hydrogen-bond acceptors (Lipinski definition) is 3. The van der Waals surface area contributed by atoms with E-state index in [9.17, 15) is 4.79 Å². The van der Waals surface area contributed by atoms with Crippen molar-refractivity contribution in [1.82, 2.24) is 10.6 Å². The number of hydrogen-bond donors (Lipinski definition) is 2. The summed E-state index contributed by atoms with van der Waals surface area (Å²) in [4.78, 5) is 11.4. The van der Waals surface area contributed by atoms with Gasteiger partial charge in [-0.3, -0.25) is 4.79 Å². The molecule has 3 nitrogen and oxygen atoms in total. The van der Waals surface area contributed by atoms with Gasteiger partial charge >= 0.3 is 0 Å². The molecule has 0 aromatic heterocycles. The van der Waals surface area contributed by atoms with Crippen LogP contribution in [-0.4, -0.2) is 37.0 Å². The first-order valence-corrected chi connectivity index (χ1v) is 7.09. The molecule has 0 aliphatic carbocycles. The van der Waals surface area contributed by atoms with Gasteiger partial charge in [-0.1, -0.05) is 6.92 Å². The van der Waals surface area contributed by atoms with E-state index in [4.69, 9.17) is 0 Å². The van der Waals surface area contributed by atoms with Gasteiger partial charge in [-0.05, 0) is 38.3 Å². The normalized spacial score (nSPS) is 12.5. The van der Waals surface area contributed by atoms with Crippen LogP contribution in [0.15, 0.2) is 0 Å². The van der Waals surface area contributed by atoms with Crippen molar-refractivity contribution in [3.05, 3.63) is 0 Å². The lowest BCUT2D eigenvalue weighted by Gasteiger charge is -2.11. The van der Waals surface area contributed by atoms with Gasteiger partial charge < -0.3 is 10.6 Å². The fourth-order valence-electron chi connectivity index (χ4n) is 1.37. The molecular formula is C11H24N2OS. The van der Waals surface area contributed by atoms with Gasteiger partial charge in [0, 0.05) is 19.0 Å². The van der Waals surface area contributed by atoms with Crippen molar-refractivity contribution in [3.8, 4) is 0 Å². The van der Waals surface area contributed by atoms with Crippen molar-refractivity contribution in [2.24, 2.45) is 0 Å². The third kappa shape index (κ3) is 10.1. The maximum absolute atomic E-state index is 11.4. The molecule has 0 radical (unpaired) electrons. The van der Waals surface area contributed by atoms with Gasteiger partial charge in [-0.25, -0.2) is 0 Å². The fraction of sp³-hybridized carbons (Fsp3) is 0.909. The largest absolute Gasteiger partial charge is 0.356 e. The summed E-state index contributed by atoms with van der Waals surface area (Å²) in [6.45, 7) is 5.83. The summed E-state index contributed by atoms with van der Waals surface area (Å²) in [5, 5.41) is 6.17. The summed E-state index contributed by atoms with van der Waals surface area (Å²) in [6.07, 6.45) is 4.96. The standard InChI is InChI=1S/C11H24N2OS/c1-4-12-10(2)9-11(14)13-7-5-6-8-15-3/h10,12H,4-9H2,1-3H3,(H,13,14). The van der Waals surface area contributed by atoms with Gasteiger partial charge in [-0.2, -0.15) is 11.8 Å². The highest BCUT2D eigenvalue weighted by Gasteiger charge is 2.06. The van der Waals surface area contributed by atoms with Crippen LogP contribution in [0, 0.1) is 0 Å². The highest BCUT2D eigenvalue weighted by molar-refractivity contribution is 7.98. The van der Waals surface area contributed by atoms with Crippen LogP contribution in [0.4, 0.5) is 0 Å². The van der Waals surface area contributed by atoms with Crippen molar-refractivity contribution in [2.45, 2.75) is 39.2 Å². The molecule has 0 rings (SSSR count). The Balaban J connectivity index is 3.32. The maximum atomic E-state index is 11.4. The molecule has 0 aromatic carbocycles. The minimum atomic E-state index is 0.160. The molecule has 0 spiro atoms. The third-order valence-electron chi connectivity index (χ3n) is 2.14. The van der Waals surface area contributed by atoms with Gasteiger partial charge in [0.25, 0.3) is 0 Å². The first-order chi connectivity index (χ1) is 7.20. The summed E-state index contributed by atoms with van der Waals surface area (Å²) in [5.74, 6) is 1.34. The van der Waals surface area contributed by atoms with E-state index in [-0.39, 0.29) is 11.9 Å². The van der Waals surface area contributed by atoms with Crippen LogP contribution in [0.2, 0.25) is 0 Å². The number of amides is 1. The van der Waals surface area contributed by atoms with E-state index in [0.29, 0.717) is 6.42 Å². The molecule has 1 atom stereocenters. The van der Waals surface area contributed by atoms with Gasteiger partial charge in [0.1, 0.15) is 0 Å². The van der Waals surface area contributed by atoms with Crippen LogP contribution in [0.5, 0.6) is 0 Å². The Kier molecular flexibility index (Phi) is 10.2. The number of carbonyl (C=O) groups excluding carboxylic acids is 1. The van der Waals surface area contributed by atoms with Crippen LogP contribution in [-0.2, 0) is 4.79 Å². The SMILES string of the molecule is CCNC(C)CC(=O)NCCCCSC. The molecule has 0 saturated heterocycles. The molecule has 0 bridgehead atoms. The summed E-state index contributed by atoms with van der Waals surface area (Å²) < 4.78 is 0. The quantitative estimate of drug-likeness (QED) is 0.594. The summed E-state index contributed by atoms with van der Waals surface area (Å²) in [7, 11) is 0. The van der Waals surface area contributed by atoms with E-state index in [0.717, 1.165) is 19.5 Å². The molecule has 0 aliphatic rings. The van der Waals surface area contributed by atoms with Crippen molar-refractivity contribution in [1.29, 1.82) is 0 Å². The third-order valence-corrected chi connectivity index (χ3v) is 2.84. The molecule has 90 valence electrons.